The summed E-state index contributed by atoms with van der Waals surface area (Å²) < 4.78 is 0. The van der Waals surface area contributed by atoms with E-state index >= 15 is 0 Å². The first-order chi connectivity index (χ1) is 12.3. The molecule has 0 saturated carbocycles. The lowest BCUT2D eigenvalue weighted by atomic mass is 10.2. The first-order valence-corrected chi connectivity index (χ1v) is 8.27. The predicted octanol–water partition coefficient (Wildman–Crippen LogP) is 5.77. The van der Waals surface area contributed by atoms with Crippen LogP contribution in [0.4, 0.5) is 23.1 Å². The molecule has 0 bridgehead atoms. The maximum atomic E-state index is 6.05. The molecule has 2 N–H and O–H groups in total. The summed E-state index contributed by atoms with van der Waals surface area (Å²) in [7, 11) is 0. The minimum absolute atomic E-state index is 0.513. The van der Waals surface area contributed by atoms with Gasteiger partial charge in [0.2, 0.25) is 5.95 Å². The van der Waals surface area contributed by atoms with Crippen molar-refractivity contribution >= 4 is 45.6 Å². The highest BCUT2D eigenvalue weighted by atomic mass is 35.5. The SMILES string of the molecule is Clc1cccc(Nc2nc(Nc3ccccc3)c3ccccc3n2)c1. The highest BCUT2D eigenvalue weighted by Crippen LogP contribution is 2.26. The molecule has 0 aliphatic rings. The van der Waals surface area contributed by atoms with Gasteiger partial charge in [0.15, 0.2) is 0 Å². The van der Waals surface area contributed by atoms with Gasteiger partial charge in [-0.2, -0.15) is 4.98 Å². The third kappa shape index (κ3) is 3.54. The van der Waals surface area contributed by atoms with Crippen LogP contribution in [0.5, 0.6) is 0 Å². The van der Waals surface area contributed by atoms with E-state index in [1.54, 1.807) is 0 Å². The summed E-state index contributed by atoms with van der Waals surface area (Å²) in [5, 5.41) is 8.21. The number of fused-ring (bicyclic) bond motifs is 1. The number of nitrogens with one attached hydrogen (secondary N) is 2. The van der Waals surface area contributed by atoms with Gasteiger partial charge >= 0.3 is 0 Å². The number of benzene rings is 3. The number of hydrogen-bond acceptors (Lipinski definition) is 4. The Hall–Kier alpha value is -3.11. The van der Waals surface area contributed by atoms with Gasteiger partial charge in [0.05, 0.1) is 5.52 Å². The van der Waals surface area contributed by atoms with Crippen molar-refractivity contribution in [1.82, 2.24) is 9.97 Å². The third-order valence-electron chi connectivity index (χ3n) is 3.72. The van der Waals surface area contributed by atoms with E-state index in [2.05, 4.69) is 20.6 Å². The van der Waals surface area contributed by atoms with E-state index in [9.17, 15) is 0 Å². The molecule has 0 fully saturated rings. The molecule has 4 rings (SSSR count). The van der Waals surface area contributed by atoms with Crippen molar-refractivity contribution < 1.29 is 0 Å². The normalized spacial score (nSPS) is 10.6. The lowest BCUT2D eigenvalue weighted by molar-refractivity contribution is 1.21. The zero-order valence-electron chi connectivity index (χ0n) is 13.3. The van der Waals surface area contributed by atoms with E-state index in [1.807, 2.05) is 78.9 Å². The lowest BCUT2D eigenvalue weighted by Gasteiger charge is -2.12. The Morgan fingerprint density at radius 3 is 2.28 bits per heavy atom. The number of anilines is 4. The summed E-state index contributed by atoms with van der Waals surface area (Å²) >= 11 is 6.05. The average molecular weight is 347 g/mol. The fraction of sp³-hybridized carbons (Fsp3) is 0. The molecule has 1 heterocycles. The van der Waals surface area contributed by atoms with Crippen molar-refractivity contribution in [1.29, 1.82) is 0 Å². The first-order valence-electron chi connectivity index (χ1n) is 7.89. The van der Waals surface area contributed by atoms with Gasteiger partial charge < -0.3 is 10.6 Å². The quantitative estimate of drug-likeness (QED) is 0.492. The Morgan fingerprint density at radius 1 is 0.680 bits per heavy atom. The van der Waals surface area contributed by atoms with Crippen molar-refractivity contribution in [3.63, 3.8) is 0 Å². The monoisotopic (exact) mass is 346 g/mol. The van der Waals surface area contributed by atoms with Crippen LogP contribution in [-0.2, 0) is 0 Å². The molecule has 25 heavy (non-hydrogen) atoms. The van der Waals surface area contributed by atoms with Gasteiger partial charge in [-0.15, -0.1) is 0 Å². The summed E-state index contributed by atoms with van der Waals surface area (Å²) in [4.78, 5) is 9.24. The van der Waals surface area contributed by atoms with E-state index in [0.29, 0.717) is 11.0 Å². The summed E-state index contributed by atoms with van der Waals surface area (Å²) in [5.74, 6) is 1.26. The number of rotatable bonds is 4. The van der Waals surface area contributed by atoms with Gasteiger partial charge in [0.1, 0.15) is 5.82 Å². The van der Waals surface area contributed by atoms with Gasteiger partial charge in [-0.3, -0.25) is 0 Å². The molecule has 0 aliphatic heterocycles. The second-order valence-corrected chi connectivity index (χ2v) is 5.98. The minimum atomic E-state index is 0.513. The fourth-order valence-electron chi connectivity index (χ4n) is 2.58. The number of hydrogen-bond donors (Lipinski definition) is 2. The molecular weight excluding hydrogens is 332 g/mol. The molecule has 0 saturated heterocycles. The van der Waals surface area contributed by atoms with Crippen LogP contribution in [0.1, 0.15) is 0 Å². The highest BCUT2D eigenvalue weighted by molar-refractivity contribution is 6.30. The van der Waals surface area contributed by atoms with Crippen molar-refractivity contribution in [2.45, 2.75) is 0 Å². The van der Waals surface area contributed by atoms with Gasteiger partial charge in [0.25, 0.3) is 0 Å². The molecule has 0 amide bonds. The topological polar surface area (TPSA) is 49.8 Å². The van der Waals surface area contributed by atoms with Crippen molar-refractivity contribution in [2.24, 2.45) is 0 Å². The van der Waals surface area contributed by atoms with Crippen LogP contribution < -0.4 is 10.6 Å². The molecule has 0 atom stereocenters. The first kappa shape index (κ1) is 15.4. The van der Waals surface area contributed by atoms with E-state index < -0.39 is 0 Å². The van der Waals surface area contributed by atoms with Crippen LogP contribution in [0.25, 0.3) is 10.9 Å². The number of aromatic nitrogens is 2. The molecule has 4 nitrogen and oxygen atoms in total. The van der Waals surface area contributed by atoms with Gasteiger partial charge in [-0.1, -0.05) is 48.0 Å². The molecular formula is C20H15ClN4. The number of nitrogens with zero attached hydrogens (tertiary/aromatic N) is 2. The Kier molecular flexibility index (Phi) is 4.19. The second kappa shape index (κ2) is 6.79. The molecule has 0 spiro atoms. The maximum absolute atomic E-state index is 6.05. The van der Waals surface area contributed by atoms with Gasteiger partial charge in [0, 0.05) is 21.8 Å². The number of para-hydroxylation sites is 2. The van der Waals surface area contributed by atoms with Gasteiger partial charge in [-0.05, 0) is 42.5 Å². The fourth-order valence-corrected chi connectivity index (χ4v) is 2.77. The molecule has 0 aliphatic carbocycles. The Balaban J connectivity index is 1.75. The number of halogens is 1. The standard InChI is InChI=1S/C20H15ClN4/c21-14-7-6-10-16(13-14)23-20-24-18-12-5-4-11-17(18)19(25-20)22-15-8-2-1-3-9-15/h1-13H,(H2,22,23,24,25). The van der Waals surface area contributed by atoms with Crippen LogP contribution in [0.3, 0.4) is 0 Å². The van der Waals surface area contributed by atoms with E-state index in [-0.39, 0.29) is 0 Å². The van der Waals surface area contributed by atoms with Crippen LogP contribution >= 0.6 is 11.6 Å². The summed E-state index contributed by atoms with van der Waals surface area (Å²) in [5.41, 5.74) is 2.67. The van der Waals surface area contributed by atoms with Crippen molar-refractivity contribution in [3.8, 4) is 0 Å². The third-order valence-corrected chi connectivity index (χ3v) is 3.96. The molecule has 5 heteroatoms. The van der Waals surface area contributed by atoms with Crippen LogP contribution in [0, 0.1) is 0 Å². The van der Waals surface area contributed by atoms with Gasteiger partial charge in [-0.25, -0.2) is 4.98 Å². The van der Waals surface area contributed by atoms with Crippen molar-refractivity contribution in [2.75, 3.05) is 10.6 Å². The molecule has 4 aromatic rings. The van der Waals surface area contributed by atoms with E-state index in [1.165, 1.54) is 0 Å². The Labute approximate surface area is 150 Å². The van der Waals surface area contributed by atoms with Crippen LogP contribution in [0.15, 0.2) is 78.9 Å². The highest BCUT2D eigenvalue weighted by Gasteiger charge is 2.08. The largest absolute Gasteiger partial charge is 0.340 e. The molecule has 122 valence electrons. The molecule has 0 unspecified atom stereocenters. The summed E-state index contributed by atoms with van der Waals surface area (Å²) in [6.45, 7) is 0. The molecule has 0 radical (unpaired) electrons. The average Bonchev–Trinajstić information content (AvgIpc) is 2.63. The molecule has 3 aromatic carbocycles. The Morgan fingerprint density at radius 2 is 1.44 bits per heavy atom. The van der Waals surface area contributed by atoms with Crippen LogP contribution in [-0.4, -0.2) is 9.97 Å². The van der Waals surface area contributed by atoms with E-state index in [0.717, 1.165) is 28.1 Å². The smallest absolute Gasteiger partial charge is 0.229 e. The predicted molar refractivity (Wildman–Crippen MR) is 104 cm³/mol. The Bertz CT molecular complexity index is 1020. The lowest BCUT2D eigenvalue weighted by Crippen LogP contribution is -2.02. The summed E-state index contributed by atoms with van der Waals surface area (Å²) in [6.07, 6.45) is 0. The maximum Gasteiger partial charge on any atom is 0.229 e. The second-order valence-electron chi connectivity index (χ2n) is 5.54. The minimum Gasteiger partial charge on any atom is -0.340 e. The summed E-state index contributed by atoms with van der Waals surface area (Å²) in [6, 6.07) is 25.3. The zero-order chi connectivity index (χ0) is 17.1. The zero-order valence-corrected chi connectivity index (χ0v) is 14.0. The van der Waals surface area contributed by atoms with Crippen LogP contribution in [0.2, 0.25) is 5.02 Å². The van der Waals surface area contributed by atoms with Crippen molar-refractivity contribution in [3.05, 3.63) is 83.9 Å². The van der Waals surface area contributed by atoms with E-state index in [4.69, 9.17) is 11.6 Å². The molecule has 1 aromatic heterocycles.